The summed E-state index contributed by atoms with van der Waals surface area (Å²) in [5.41, 5.74) is 1.96. The third kappa shape index (κ3) is 1.14. The van der Waals surface area contributed by atoms with E-state index in [0.717, 1.165) is 10.9 Å². The Morgan fingerprint density at radius 1 is 1.43 bits per heavy atom. The molecule has 0 aliphatic heterocycles. The number of aromatic amines is 1. The minimum Gasteiger partial charge on any atom is -0.374 e. The van der Waals surface area contributed by atoms with Crippen molar-refractivity contribution in [3.63, 3.8) is 0 Å². The minimum absolute atomic E-state index is 0.188. The van der Waals surface area contributed by atoms with Crippen LogP contribution in [0.4, 0.5) is 10.1 Å². The first kappa shape index (κ1) is 8.99. The van der Waals surface area contributed by atoms with E-state index in [9.17, 15) is 4.39 Å². The van der Waals surface area contributed by atoms with Crippen molar-refractivity contribution in [1.82, 2.24) is 10.2 Å². The van der Waals surface area contributed by atoms with Crippen LogP contribution in [0.2, 0.25) is 0 Å². The van der Waals surface area contributed by atoms with E-state index in [-0.39, 0.29) is 5.82 Å². The highest BCUT2D eigenvalue weighted by molar-refractivity contribution is 5.91. The van der Waals surface area contributed by atoms with Gasteiger partial charge in [0.15, 0.2) is 5.82 Å². The third-order valence-electron chi connectivity index (χ3n) is 2.28. The fraction of sp³-hybridized carbons (Fsp3) is 0.300. The van der Waals surface area contributed by atoms with Gasteiger partial charge in [0.05, 0.1) is 17.4 Å². The number of halogens is 1. The molecule has 0 saturated carbocycles. The Labute approximate surface area is 81.5 Å². The molecule has 0 saturated heterocycles. The summed E-state index contributed by atoms with van der Waals surface area (Å²) in [4.78, 5) is 1.75. The van der Waals surface area contributed by atoms with Crippen molar-refractivity contribution >= 4 is 16.6 Å². The summed E-state index contributed by atoms with van der Waals surface area (Å²) in [6, 6.07) is 1.79. The molecule has 0 aliphatic carbocycles. The molecule has 0 spiro atoms. The summed E-state index contributed by atoms with van der Waals surface area (Å²) >= 11 is 0. The molecule has 1 heterocycles. The number of nitrogens with zero attached hydrogens (tertiary/aromatic N) is 2. The first-order chi connectivity index (χ1) is 6.61. The second-order valence-corrected chi connectivity index (χ2v) is 3.58. The van der Waals surface area contributed by atoms with E-state index in [0.29, 0.717) is 11.3 Å². The van der Waals surface area contributed by atoms with E-state index in [1.54, 1.807) is 24.1 Å². The lowest BCUT2D eigenvalue weighted by Crippen LogP contribution is -2.12. The number of aromatic nitrogens is 2. The van der Waals surface area contributed by atoms with Gasteiger partial charge in [-0.1, -0.05) is 0 Å². The van der Waals surface area contributed by atoms with Crippen molar-refractivity contribution in [2.24, 2.45) is 0 Å². The van der Waals surface area contributed by atoms with Crippen LogP contribution in [0.1, 0.15) is 5.56 Å². The van der Waals surface area contributed by atoms with Gasteiger partial charge in [-0.25, -0.2) is 4.39 Å². The van der Waals surface area contributed by atoms with Crippen molar-refractivity contribution in [3.05, 3.63) is 23.6 Å². The fourth-order valence-corrected chi connectivity index (χ4v) is 1.61. The van der Waals surface area contributed by atoms with Crippen molar-refractivity contribution < 1.29 is 4.39 Å². The molecular formula is C10H12FN3. The topological polar surface area (TPSA) is 31.9 Å². The van der Waals surface area contributed by atoms with Crippen molar-refractivity contribution in [3.8, 4) is 0 Å². The smallest absolute Gasteiger partial charge is 0.151 e. The first-order valence-corrected chi connectivity index (χ1v) is 4.40. The zero-order valence-corrected chi connectivity index (χ0v) is 8.43. The molecule has 1 aromatic carbocycles. The molecule has 0 radical (unpaired) electrons. The molecule has 2 rings (SSSR count). The highest BCUT2D eigenvalue weighted by atomic mass is 19.1. The Morgan fingerprint density at radius 3 is 2.79 bits per heavy atom. The molecule has 1 N–H and O–H groups in total. The fourth-order valence-electron chi connectivity index (χ4n) is 1.61. The van der Waals surface area contributed by atoms with Gasteiger partial charge in [0, 0.05) is 19.5 Å². The monoisotopic (exact) mass is 193 g/mol. The highest BCUT2D eigenvalue weighted by Gasteiger charge is 2.13. The number of fused-ring (bicyclic) bond motifs is 1. The van der Waals surface area contributed by atoms with Gasteiger partial charge in [-0.15, -0.1) is 0 Å². The van der Waals surface area contributed by atoms with Gasteiger partial charge in [-0.05, 0) is 18.6 Å². The molecule has 2 aromatic rings. The molecule has 0 amide bonds. The number of hydrogen-bond acceptors (Lipinski definition) is 2. The van der Waals surface area contributed by atoms with Gasteiger partial charge in [-0.3, -0.25) is 5.10 Å². The lowest BCUT2D eigenvalue weighted by atomic mass is 10.1. The van der Waals surface area contributed by atoms with Crippen molar-refractivity contribution in [2.45, 2.75) is 6.92 Å². The highest BCUT2D eigenvalue weighted by Crippen LogP contribution is 2.29. The van der Waals surface area contributed by atoms with Crippen LogP contribution in [-0.2, 0) is 0 Å². The maximum Gasteiger partial charge on any atom is 0.151 e. The zero-order chi connectivity index (χ0) is 10.3. The van der Waals surface area contributed by atoms with E-state index < -0.39 is 0 Å². The Kier molecular flexibility index (Phi) is 1.91. The number of H-pyrrole nitrogens is 1. The van der Waals surface area contributed by atoms with Crippen LogP contribution in [0.25, 0.3) is 10.9 Å². The predicted molar refractivity (Wildman–Crippen MR) is 55.1 cm³/mol. The molecule has 74 valence electrons. The van der Waals surface area contributed by atoms with E-state index in [1.165, 1.54) is 0 Å². The molecule has 0 bridgehead atoms. The molecule has 0 aliphatic rings. The summed E-state index contributed by atoms with van der Waals surface area (Å²) in [7, 11) is 3.64. The van der Waals surface area contributed by atoms with Crippen LogP contribution in [0, 0.1) is 12.7 Å². The normalized spacial score (nSPS) is 10.9. The number of anilines is 1. The average Bonchev–Trinajstić information content (AvgIpc) is 2.52. The van der Waals surface area contributed by atoms with Crippen LogP contribution in [0.15, 0.2) is 12.3 Å². The van der Waals surface area contributed by atoms with Crippen LogP contribution < -0.4 is 4.90 Å². The molecule has 3 nitrogen and oxygen atoms in total. The summed E-state index contributed by atoms with van der Waals surface area (Å²) in [5.74, 6) is -0.188. The molecule has 4 heteroatoms. The van der Waals surface area contributed by atoms with Gasteiger partial charge in [-0.2, -0.15) is 5.10 Å². The number of rotatable bonds is 1. The van der Waals surface area contributed by atoms with E-state index in [4.69, 9.17) is 0 Å². The van der Waals surface area contributed by atoms with Crippen LogP contribution in [0.5, 0.6) is 0 Å². The molecule has 0 unspecified atom stereocenters. The lowest BCUT2D eigenvalue weighted by Gasteiger charge is -2.15. The van der Waals surface area contributed by atoms with Gasteiger partial charge in [0.1, 0.15) is 0 Å². The van der Waals surface area contributed by atoms with E-state index in [2.05, 4.69) is 10.2 Å². The standard InChI is InChI=1S/C10H12FN3/c1-6-4-7-5-12-13-9(7)10(8(6)11)14(2)3/h4-5H,1-3H3,(H,12,13). The molecule has 1 aromatic heterocycles. The van der Waals surface area contributed by atoms with Gasteiger partial charge >= 0.3 is 0 Å². The Balaban J connectivity index is 2.86. The largest absolute Gasteiger partial charge is 0.374 e. The second kappa shape index (κ2) is 2.97. The number of aryl methyl sites for hydroxylation is 1. The summed E-state index contributed by atoms with van der Waals surface area (Å²) < 4.78 is 13.8. The summed E-state index contributed by atoms with van der Waals surface area (Å²) in [6.45, 7) is 1.76. The Morgan fingerprint density at radius 2 is 2.14 bits per heavy atom. The van der Waals surface area contributed by atoms with Gasteiger partial charge in [0.2, 0.25) is 0 Å². The Bertz CT molecular complexity index is 473. The second-order valence-electron chi connectivity index (χ2n) is 3.58. The van der Waals surface area contributed by atoms with E-state index >= 15 is 0 Å². The summed E-state index contributed by atoms with van der Waals surface area (Å²) in [5, 5.41) is 7.65. The Hall–Kier alpha value is -1.58. The van der Waals surface area contributed by atoms with Crippen molar-refractivity contribution in [1.29, 1.82) is 0 Å². The maximum atomic E-state index is 13.8. The van der Waals surface area contributed by atoms with E-state index in [1.807, 2.05) is 14.1 Å². The van der Waals surface area contributed by atoms with Gasteiger partial charge in [0.25, 0.3) is 0 Å². The number of benzene rings is 1. The molecular weight excluding hydrogens is 181 g/mol. The lowest BCUT2D eigenvalue weighted by molar-refractivity contribution is 0.619. The van der Waals surface area contributed by atoms with Crippen LogP contribution in [-0.4, -0.2) is 24.3 Å². The molecule has 14 heavy (non-hydrogen) atoms. The quantitative estimate of drug-likeness (QED) is 0.751. The average molecular weight is 193 g/mol. The molecule has 0 atom stereocenters. The molecule has 0 fully saturated rings. The zero-order valence-electron chi connectivity index (χ0n) is 8.43. The predicted octanol–water partition coefficient (Wildman–Crippen LogP) is 2.08. The van der Waals surface area contributed by atoms with Gasteiger partial charge < -0.3 is 4.90 Å². The number of nitrogens with one attached hydrogen (secondary N) is 1. The first-order valence-electron chi connectivity index (χ1n) is 4.40. The minimum atomic E-state index is -0.188. The van der Waals surface area contributed by atoms with Crippen LogP contribution >= 0.6 is 0 Å². The SMILES string of the molecule is Cc1cc2cn[nH]c2c(N(C)C)c1F. The summed E-state index contributed by atoms with van der Waals surface area (Å²) in [6.07, 6.45) is 1.70. The van der Waals surface area contributed by atoms with Crippen molar-refractivity contribution in [2.75, 3.05) is 19.0 Å². The number of hydrogen-bond donors (Lipinski definition) is 1. The maximum absolute atomic E-state index is 13.8. The van der Waals surface area contributed by atoms with Crippen LogP contribution in [0.3, 0.4) is 0 Å². The third-order valence-corrected chi connectivity index (χ3v) is 2.28.